The van der Waals surface area contributed by atoms with E-state index in [4.69, 9.17) is 5.73 Å². The summed E-state index contributed by atoms with van der Waals surface area (Å²) in [6, 6.07) is 33.4. The molecule has 2 aliphatic rings. The number of nitrogens with one attached hydrogen (secondary N) is 2. The van der Waals surface area contributed by atoms with Gasteiger partial charge >= 0.3 is 0 Å². The van der Waals surface area contributed by atoms with Crippen LogP contribution in [0.4, 0.5) is 28.4 Å². The summed E-state index contributed by atoms with van der Waals surface area (Å²) < 4.78 is 0. The molecule has 0 bridgehead atoms. The quantitative estimate of drug-likeness (QED) is 0.276. The van der Waals surface area contributed by atoms with Crippen molar-refractivity contribution in [1.29, 1.82) is 0 Å². The minimum Gasteiger partial charge on any atom is -0.399 e. The molecule has 3 heteroatoms. The van der Waals surface area contributed by atoms with Gasteiger partial charge < -0.3 is 16.4 Å². The minimum atomic E-state index is 0.654. The van der Waals surface area contributed by atoms with Gasteiger partial charge in [0.1, 0.15) is 0 Å². The molecule has 0 heterocycles. The van der Waals surface area contributed by atoms with Crippen molar-refractivity contribution in [3.63, 3.8) is 0 Å². The van der Waals surface area contributed by atoms with E-state index in [0.29, 0.717) is 5.92 Å². The molecule has 0 aromatic heterocycles. The van der Waals surface area contributed by atoms with Crippen molar-refractivity contribution in [2.45, 2.75) is 6.42 Å². The molecule has 4 N–H and O–H groups in total. The minimum absolute atomic E-state index is 0.654. The number of rotatable bonds is 6. The molecule has 0 spiro atoms. The van der Waals surface area contributed by atoms with Crippen molar-refractivity contribution in [2.75, 3.05) is 16.4 Å². The third kappa shape index (κ3) is 4.01. The monoisotopic (exact) mass is 427 g/mol. The third-order valence-electron chi connectivity index (χ3n) is 6.32. The van der Waals surface area contributed by atoms with E-state index in [9.17, 15) is 0 Å². The van der Waals surface area contributed by atoms with Crippen LogP contribution < -0.4 is 16.4 Å². The molecule has 0 saturated heterocycles. The number of fused-ring (bicyclic) bond motifs is 1. The molecule has 33 heavy (non-hydrogen) atoms. The highest BCUT2D eigenvalue weighted by molar-refractivity contribution is 5.91. The second-order valence-corrected chi connectivity index (χ2v) is 8.69. The Hall–Kier alpha value is -4.24. The zero-order valence-electron chi connectivity index (χ0n) is 18.3. The maximum atomic E-state index is 6.01. The fourth-order valence-electron chi connectivity index (χ4n) is 4.53. The molecular formula is C30H25N3. The van der Waals surface area contributed by atoms with Crippen molar-refractivity contribution >= 4 is 34.0 Å². The number of benzene rings is 4. The Labute approximate surface area is 194 Å². The van der Waals surface area contributed by atoms with Gasteiger partial charge in [-0.05, 0) is 65.6 Å². The maximum absolute atomic E-state index is 6.01. The number of nitrogens with two attached hydrogens (primary N) is 1. The van der Waals surface area contributed by atoms with Crippen LogP contribution in [0.2, 0.25) is 0 Å². The Morgan fingerprint density at radius 1 is 0.667 bits per heavy atom. The molecule has 1 fully saturated rings. The summed E-state index contributed by atoms with van der Waals surface area (Å²) in [5, 5.41) is 7.16. The van der Waals surface area contributed by atoms with E-state index in [1.165, 1.54) is 28.7 Å². The van der Waals surface area contributed by atoms with Crippen LogP contribution in [0.25, 0.3) is 16.7 Å². The Bertz CT molecular complexity index is 1380. The first kappa shape index (κ1) is 19.4. The molecule has 4 aromatic carbocycles. The Morgan fingerprint density at radius 3 is 2.15 bits per heavy atom. The van der Waals surface area contributed by atoms with Gasteiger partial charge in [-0.1, -0.05) is 72.3 Å². The molecule has 1 atom stereocenters. The first-order valence-corrected chi connectivity index (χ1v) is 11.3. The second kappa shape index (κ2) is 8.03. The number of hydrogen-bond acceptors (Lipinski definition) is 3. The number of nitrogen functional groups attached to an aromatic ring is 1. The zero-order chi connectivity index (χ0) is 22.2. The van der Waals surface area contributed by atoms with Gasteiger partial charge in [0, 0.05) is 39.9 Å². The van der Waals surface area contributed by atoms with E-state index in [0.717, 1.165) is 28.4 Å². The second-order valence-electron chi connectivity index (χ2n) is 8.69. The first-order valence-electron chi connectivity index (χ1n) is 11.3. The summed E-state index contributed by atoms with van der Waals surface area (Å²) in [5.74, 6) is 0.654. The molecule has 0 aliphatic heterocycles. The van der Waals surface area contributed by atoms with E-state index in [1.54, 1.807) is 5.57 Å². The van der Waals surface area contributed by atoms with Gasteiger partial charge in [-0.2, -0.15) is 0 Å². The van der Waals surface area contributed by atoms with Crippen LogP contribution in [0.3, 0.4) is 0 Å². The van der Waals surface area contributed by atoms with Gasteiger partial charge in [-0.3, -0.25) is 0 Å². The van der Waals surface area contributed by atoms with Crippen molar-refractivity contribution < 1.29 is 0 Å². The van der Waals surface area contributed by atoms with Crippen LogP contribution in [0.5, 0.6) is 0 Å². The zero-order valence-corrected chi connectivity index (χ0v) is 18.3. The highest BCUT2D eigenvalue weighted by Gasteiger charge is 2.34. The van der Waals surface area contributed by atoms with Crippen LogP contribution in [0.1, 0.15) is 12.0 Å². The van der Waals surface area contributed by atoms with Gasteiger partial charge in [0.15, 0.2) is 0 Å². The van der Waals surface area contributed by atoms with E-state index in [-0.39, 0.29) is 0 Å². The number of allylic oxidation sites excluding steroid dienone is 4. The van der Waals surface area contributed by atoms with Crippen LogP contribution in [-0.4, -0.2) is 0 Å². The summed E-state index contributed by atoms with van der Waals surface area (Å²) in [5.41, 5.74) is 17.5. The molecule has 0 amide bonds. The van der Waals surface area contributed by atoms with Gasteiger partial charge in [-0.15, -0.1) is 0 Å². The average Bonchev–Trinajstić information content (AvgIpc) is 3.50. The largest absolute Gasteiger partial charge is 0.399 e. The van der Waals surface area contributed by atoms with Crippen LogP contribution in [-0.2, 0) is 0 Å². The summed E-state index contributed by atoms with van der Waals surface area (Å²) in [6.45, 7) is 0. The molecule has 2 aliphatic carbocycles. The lowest BCUT2D eigenvalue weighted by molar-refractivity contribution is 1.17. The molecular weight excluding hydrogens is 402 g/mol. The van der Waals surface area contributed by atoms with E-state index in [1.807, 2.05) is 30.3 Å². The van der Waals surface area contributed by atoms with Gasteiger partial charge in [0.05, 0.1) is 0 Å². The Balaban J connectivity index is 1.30. The van der Waals surface area contributed by atoms with E-state index in [2.05, 4.69) is 89.5 Å². The number of anilines is 5. The SMILES string of the molecule is Nc1cccc(Nc2cc(Nc3ccc(-c4ccccc4)cc3)ccc2C2=C3C[C@@H]3C=C2)c1. The number of hydrogen-bond donors (Lipinski definition) is 3. The van der Waals surface area contributed by atoms with Crippen molar-refractivity contribution in [2.24, 2.45) is 5.92 Å². The topological polar surface area (TPSA) is 50.1 Å². The third-order valence-corrected chi connectivity index (χ3v) is 6.32. The fourth-order valence-corrected chi connectivity index (χ4v) is 4.53. The van der Waals surface area contributed by atoms with Gasteiger partial charge in [0.25, 0.3) is 0 Å². The Morgan fingerprint density at radius 2 is 1.42 bits per heavy atom. The lowest BCUT2D eigenvalue weighted by atomic mass is 10.0. The summed E-state index contributed by atoms with van der Waals surface area (Å²) in [7, 11) is 0. The van der Waals surface area contributed by atoms with E-state index < -0.39 is 0 Å². The molecule has 4 aromatic rings. The predicted octanol–water partition coefficient (Wildman–Crippen LogP) is 7.77. The molecule has 1 saturated carbocycles. The summed E-state index contributed by atoms with van der Waals surface area (Å²) >= 11 is 0. The Kier molecular flexibility index (Phi) is 4.73. The van der Waals surface area contributed by atoms with Gasteiger partial charge in [0.2, 0.25) is 0 Å². The van der Waals surface area contributed by atoms with Crippen LogP contribution in [0, 0.1) is 5.92 Å². The fraction of sp³-hybridized carbons (Fsp3) is 0.0667. The maximum Gasteiger partial charge on any atom is 0.0484 e. The predicted molar refractivity (Wildman–Crippen MR) is 140 cm³/mol. The van der Waals surface area contributed by atoms with E-state index >= 15 is 0 Å². The normalized spacial score (nSPS) is 15.9. The smallest absolute Gasteiger partial charge is 0.0484 e. The summed E-state index contributed by atoms with van der Waals surface area (Å²) in [4.78, 5) is 0. The lowest BCUT2D eigenvalue weighted by Gasteiger charge is -2.16. The molecule has 3 nitrogen and oxygen atoms in total. The van der Waals surface area contributed by atoms with Crippen LogP contribution >= 0.6 is 0 Å². The first-order chi connectivity index (χ1) is 16.2. The van der Waals surface area contributed by atoms with Crippen LogP contribution in [0.15, 0.2) is 115 Å². The average molecular weight is 428 g/mol. The highest BCUT2D eigenvalue weighted by Crippen LogP contribution is 2.51. The van der Waals surface area contributed by atoms with Crippen molar-refractivity contribution in [3.05, 3.63) is 120 Å². The molecule has 160 valence electrons. The van der Waals surface area contributed by atoms with Crippen molar-refractivity contribution in [3.8, 4) is 11.1 Å². The molecule has 6 rings (SSSR count). The highest BCUT2D eigenvalue weighted by atomic mass is 14.9. The molecule has 0 unspecified atom stereocenters. The molecule has 0 radical (unpaired) electrons. The summed E-state index contributed by atoms with van der Waals surface area (Å²) in [6.07, 6.45) is 5.77. The lowest BCUT2D eigenvalue weighted by Crippen LogP contribution is -1.98. The van der Waals surface area contributed by atoms with Crippen molar-refractivity contribution in [1.82, 2.24) is 0 Å². The van der Waals surface area contributed by atoms with Gasteiger partial charge in [-0.25, -0.2) is 0 Å². The standard InChI is InChI=1S/C30H25N3/c31-23-7-4-8-25(18-23)33-30-19-26(14-16-28(30)27-15-11-22-17-29(22)27)32-24-12-9-21(10-13-24)20-5-2-1-3-6-20/h1-16,18-19,22,32-33H,17,31H2/t22-/m0/s1.